The largest absolute Gasteiger partial charge is 0.458 e. The van der Waals surface area contributed by atoms with Crippen LogP contribution in [-0.4, -0.2) is 178 Å². The summed E-state index contributed by atoms with van der Waals surface area (Å²) in [6.45, 7) is 20.3. The molecule has 4 fully saturated rings. The number of methoxy groups -OCH3 is 3. The Hall–Kier alpha value is -3.50. The molecule has 19 atom stereocenters. The number of aliphatic hydroxyl groups is 1. The van der Waals surface area contributed by atoms with Gasteiger partial charge in [0.2, 0.25) is 0 Å². The molecular weight excluding hydrogens is 921 g/mol. The number of aliphatic hydroxyl groups excluding tert-OH is 1. The van der Waals surface area contributed by atoms with Gasteiger partial charge in [0.15, 0.2) is 24.3 Å². The minimum Gasteiger partial charge on any atom is -0.458 e. The summed E-state index contributed by atoms with van der Waals surface area (Å²) in [6, 6.07) is 7.06. The van der Waals surface area contributed by atoms with Crippen LogP contribution in [0.3, 0.4) is 0 Å². The van der Waals surface area contributed by atoms with Crippen LogP contribution in [0.2, 0.25) is 0 Å². The Morgan fingerprint density at radius 1 is 0.930 bits per heavy atom. The van der Waals surface area contributed by atoms with Crippen molar-refractivity contribution in [2.24, 2.45) is 23.7 Å². The molecule has 0 spiro atoms. The Bertz CT molecular complexity index is 2000. The first-order valence-corrected chi connectivity index (χ1v) is 25.5. The number of ketones is 1. The van der Waals surface area contributed by atoms with Crippen LogP contribution in [0.1, 0.15) is 112 Å². The van der Waals surface area contributed by atoms with Crippen molar-refractivity contribution < 1.29 is 71.7 Å². The highest BCUT2D eigenvalue weighted by Crippen LogP contribution is 2.43. The average molecular weight is 1010 g/mol. The summed E-state index contributed by atoms with van der Waals surface area (Å²) in [4.78, 5) is 60.0. The third-order valence-electron chi connectivity index (χ3n) is 16.3. The van der Waals surface area contributed by atoms with E-state index in [1.165, 1.54) is 25.3 Å². The maximum absolute atomic E-state index is 14.8. The zero-order valence-corrected chi connectivity index (χ0v) is 44.8. The van der Waals surface area contributed by atoms with Crippen LogP contribution in [0.25, 0.3) is 0 Å². The molecule has 0 bridgehead atoms. The third kappa shape index (κ3) is 12.2. The van der Waals surface area contributed by atoms with Crippen LogP contribution in [0, 0.1) is 23.7 Å². The monoisotopic (exact) mass is 1000 g/mol. The second-order valence-electron chi connectivity index (χ2n) is 21.6. The summed E-state index contributed by atoms with van der Waals surface area (Å²) in [5, 5.41) is 17.6. The minimum absolute atomic E-state index is 0.0731. The number of fused-ring (bicyclic) bond motifs is 2. The second kappa shape index (κ2) is 23.4. The lowest BCUT2D eigenvalue weighted by molar-refractivity contribution is -0.319. The predicted molar refractivity (Wildman–Crippen MR) is 260 cm³/mol. The summed E-state index contributed by atoms with van der Waals surface area (Å²) >= 11 is 0. The van der Waals surface area contributed by atoms with Gasteiger partial charge in [0.25, 0.3) is 0 Å². The van der Waals surface area contributed by atoms with Crippen molar-refractivity contribution in [1.82, 2.24) is 20.4 Å². The van der Waals surface area contributed by atoms with E-state index in [4.69, 9.17) is 47.4 Å². The summed E-state index contributed by atoms with van der Waals surface area (Å²) < 4.78 is 63.6. The summed E-state index contributed by atoms with van der Waals surface area (Å²) in [7, 11) is 8.55. The fraction of sp³-hybridized carbons (Fsp3) is 0.808. The van der Waals surface area contributed by atoms with E-state index in [0.29, 0.717) is 26.1 Å². The smallest absolute Gasteiger partial charge is 0.408 e. The van der Waals surface area contributed by atoms with E-state index in [1.54, 1.807) is 34.8 Å². The quantitative estimate of drug-likeness (QED) is 0.173. The van der Waals surface area contributed by atoms with Crippen LogP contribution in [0.15, 0.2) is 24.3 Å². The number of rotatable bonds is 13. The Kier molecular flexibility index (Phi) is 18.7. The number of likely N-dealkylation sites (N-methyl/N-ethyl adjacent to an activating group) is 1. The predicted octanol–water partition coefficient (Wildman–Crippen LogP) is 5.13. The molecule has 0 aliphatic carbocycles. The van der Waals surface area contributed by atoms with Crippen molar-refractivity contribution in [1.29, 1.82) is 0 Å². The lowest BCUT2D eigenvalue weighted by Crippen LogP contribution is -2.62. The molecular formula is C52H84N4O15. The highest BCUT2D eigenvalue weighted by Gasteiger charge is 2.58. The molecule has 3 N–H and O–H groups in total. The van der Waals surface area contributed by atoms with E-state index >= 15 is 0 Å². The molecule has 0 radical (unpaired) electrons. The van der Waals surface area contributed by atoms with Gasteiger partial charge in [0.1, 0.15) is 23.6 Å². The lowest BCUT2D eigenvalue weighted by Gasteiger charge is -2.50. The van der Waals surface area contributed by atoms with Crippen LogP contribution < -0.4 is 10.6 Å². The topological polar surface area (TPSA) is 211 Å². The third-order valence-corrected chi connectivity index (χ3v) is 16.3. The minimum atomic E-state index is -1.40. The highest BCUT2D eigenvalue weighted by atomic mass is 16.7. The number of nitrogens with one attached hydrogen (secondary N) is 2. The molecule has 5 aliphatic rings. The number of amides is 2. The Morgan fingerprint density at radius 3 is 2.25 bits per heavy atom. The van der Waals surface area contributed by atoms with Crippen molar-refractivity contribution in [2.75, 3.05) is 55.1 Å². The SMILES string of the molecule is CC[C@H]1OC(=O)C(C)C(OC2CC(C)(OC)C(OC(=O)NCCN3Cc4ccccc4C(OC)C3)C(C)O2)C(C)C(OC2OC(C)CC(N(C)C)C2O)C(C)(OC)CC(C)C(=O)C(C)C2NC(=O)OC21C. The Balaban J connectivity index is 1.29. The highest BCUT2D eigenvalue weighted by molar-refractivity contribution is 5.85. The summed E-state index contributed by atoms with van der Waals surface area (Å²) in [6.07, 6.45) is -8.56. The van der Waals surface area contributed by atoms with E-state index in [1.807, 2.05) is 72.7 Å². The first-order chi connectivity index (χ1) is 33.4. The van der Waals surface area contributed by atoms with Crippen LogP contribution in [-0.2, 0) is 63.5 Å². The standard InChI is InChI=1S/C52H84N4O15/c1-16-38-52(10)43(54-49(61)71-52)30(4)40(57)28(2)24-50(8,63-14)44(69-47-41(58)36(55(11)12)23-29(3)65-47)31(5)42(32(6)46(59)67-38)68-39-25-51(9,64-15)45(33(7)66-39)70-48(60)53-21-22-56-26-34-19-17-18-20-35(34)37(27-56)62-13/h17-20,28-33,36-39,41-45,47,58H,16,21-27H2,1-15H3,(H,53,60)(H,54,61)/t28?,29?,30?,31?,32?,33?,36?,37?,38-,39?,41?,42?,43?,44?,45?,47?,50?,51?,52?/m1/s1. The number of nitrogens with zero attached hydrogens (tertiary/aromatic N) is 2. The Labute approximate surface area is 420 Å². The number of Topliss-reactive ketones (excluding diaryl/α,β-unsaturated/α-hetero) is 1. The van der Waals surface area contributed by atoms with Crippen LogP contribution >= 0.6 is 0 Å². The van der Waals surface area contributed by atoms with E-state index in [-0.39, 0.29) is 43.3 Å². The van der Waals surface area contributed by atoms with Gasteiger partial charge in [-0.15, -0.1) is 0 Å². The average Bonchev–Trinajstić information content (AvgIpc) is 3.65. The zero-order chi connectivity index (χ0) is 52.3. The maximum Gasteiger partial charge on any atom is 0.408 e. The fourth-order valence-electron chi connectivity index (χ4n) is 12.0. The molecule has 1 aromatic carbocycles. The number of ether oxygens (including phenoxy) is 10. The molecule has 5 heterocycles. The zero-order valence-electron chi connectivity index (χ0n) is 44.8. The van der Waals surface area contributed by atoms with Crippen molar-refractivity contribution in [3.8, 4) is 0 Å². The van der Waals surface area contributed by atoms with Gasteiger partial charge in [0, 0.05) is 77.7 Å². The molecule has 19 nitrogen and oxygen atoms in total. The molecule has 18 unspecified atom stereocenters. The van der Waals surface area contributed by atoms with Crippen molar-refractivity contribution in [3.05, 3.63) is 35.4 Å². The molecule has 402 valence electrons. The van der Waals surface area contributed by atoms with Crippen LogP contribution in [0.4, 0.5) is 9.59 Å². The van der Waals surface area contributed by atoms with Crippen LogP contribution in [0.5, 0.6) is 0 Å². The van der Waals surface area contributed by atoms with Gasteiger partial charge in [-0.1, -0.05) is 52.0 Å². The number of carbonyl (C=O) groups excluding carboxylic acids is 4. The second-order valence-corrected chi connectivity index (χ2v) is 21.6. The molecule has 19 heteroatoms. The number of carbonyl (C=O) groups is 4. The summed E-state index contributed by atoms with van der Waals surface area (Å²) in [5.74, 6) is -4.01. The van der Waals surface area contributed by atoms with E-state index in [2.05, 4.69) is 27.7 Å². The van der Waals surface area contributed by atoms with Gasteiger partial charge in [-0.25, -0.2) is 9.59 Å². The number of alkyl carbamates (subject to hydrolysis) is 2. The molecule has 5 aliphatic heterocycles. The van der Waals surface area contributed by atoms with Crippen molar-refractivity contribution >= 4 is 23.9 Å². The van der Waals surface area contributed by atoms with Gasteiger partial charge >= 0.3 is 18.2 Å². The first-order valence-electron chi connectivity index (χ1n) is 25.5. The molecule has 0 saturated carbocycles. The number of hydrogen-bond donors (Lipinski definition) is 3. The number of cyclic esters (lactones) is 1. The first kappa shape index (κ1) is 56.8. The van der Waals surface area contributed by atoms with Gasteiger partial charge < -0.3 is 68.0 Å². The molecule has 6 rings (SSSR count). The van der Waals surface area contributed by atoms with E-state index < -0.39 is 114 Å². The van der Waals surface area contributed by atoms with Crippen molar-refractivity contribution in [2.45, 2.75) is 192 Å². The van der Waals surface area contributed by atoms with E-state index in [9.17, 15) is 24.3 Å². The van der Waals surface area contributed by atoms with Gasteiger partial charge in [-0.2, -0.15) is 0 Å². The summed E-state index contributed by atoms with van der Waals surface area (Å²) in [5.41, 5.74) is -1.45. The Morgan fingerprint density at radius 2 is 1.61 bits per heavy atom. The van der Waals surface area contributed by atoms with Gasteiger partial charge in [-0.05, 0) is 86.0 Å². The number of hydrogen-bond acceptors (Lipinski definition) is 17. The van der Waals surface area contributed by atoms with Gasteiger partial charge in [0.05, 0.1) is 48.1 Å². The molecule has 2 amide bonds. The molecule has 4 saturated heterocycles. The fourth-order valence-corrected chi connectivity index (χ4v) is 12.0. The lowest BCUT2D eigenvalue weighted by atomic mass is 9.73. The van der Waals surface area contributed by atoms with E-state index in [0.717, 1.165) is 6.54 Å². The molecule has 0 aromatic heterocycles. The normalized spacial score (nSPS) is 41.7. The number of benzene rings is 1. The van der Waals surface area contributed by atoms with Crippen molar-refractivity contribution in [3.63, 3.8) is 0 Å². The van der Waals surface area contributed by atoms with Gasteiger partial charge in [-0.3, -0.25) is 14.5 Å². The molecule has 71 heavy (non-hydrogen) atoms. The maximum atomic E-state index is 14.8. The molecule has 1 aromatic rings. The number of esters is 1.